The van der Waals surface area contributed by atoms with E-state index >= 15 is 0 Å². The number of aromatic nitrogens is 1. The van der Waals surface area contributed by atoms with Gasteiger partial charge in [0.25, 0.3) is 0 Å². The molecule has 34 heavy (non-hydrogen) atoms. The Morgan fingerprint density at radius 1 is 1.15 bits per heavy atom. The smallest absolute Gasteiger partial charge is 0.163 e. The molecule has 0 spiro atoms. The molecule has 0 bridgehead atoms. The molecular weight excluding hydrogens is 516 g/mol. The van der Waals surface area contributed by atoms with Crippen LogP contribution in [0.25, 0.3) is 10.9 Å². The Morgan fingerprint density at radius 2 is 1.91 bits per heavy atom. The average Bonchev–Trinajstić information content (AvgIpc) is 3.26. The molecule has 4 atom stereocenters. The van der Waals surface area contributed by atoms with Crippen LogP contribution in [-0.4, -0.2) is 45.3 Å². The first-order valence-corrected chi connectivity index (χ1v) is 13.7. The molecule has 3 heterocycles. The topological polar surface area (TPSA) is 69.7 Å². The number of halogens is 1. The van der Waals surface area contributed by atoms with Crippen molar-refractivity contribution in [3.63, 3.8) is 0 Å². The lowest BCUT2D eigenvalue weighted by molar-refractivity contribution is -0.145. The molecular formula is C26H29BrN2O4S. The number of hydrogen-bond donors (Lipinski definition) is 1. The summed E-state index contributed by atoms with van der Waals surface area (Å²) in [6, 6.07) is 16.4. The molecule has 2 aliphatic heterocycles. The van der Waals surface area contributed by atoms with Gasteiger partial charge in [-0.15, -0.1) is 0 Å². The van der Waals surface area contributed by atoms with Crippen LogP contribution in [0, 0.1) is 0 Å². The lowest BCUT2D eigenvalue weighted by Gasteiger charge is -2.21. The van der Waals surface area contributed by atoms with Crippen molar-refractivity contribution in [2.24, 2.45) is 0 Å². The van der Waals surface area contributed by atoms with Gasteiger partial charge in [0.1, 0.15) is 17.7 Å². The number of ether oxygens (including phenoxy) is 3. The van der Waals surface area contributed by atoms with Crippen molar-refractivity contribution in [3.8, 4) is 5.75 Å². The number of rotatable bonds is 7. The third kappa shape index (κ3) is 5.00. The number of aryl methyl sites for hydroxylation is 1. The van der Waals surface area contributed by atoms with E-state index in [4.69, 9.17) is 19.2 Å². The SMILES string of the molecule is COc1ccc(CNc2nc3cc(CCC4C5OC(C)(C)OC5CS4=O)ccc3cc2Br)cc1. The van der Waals surface area contributed by atoms with Crippen LogP contribution in [-0.2, 0) is 33.2 Å². The summed E-state index contributed by atoms with van der Waals surface area (Å²) in [6.45, 7) is 4.52. The fourth-order valence-electron chi connectivity index (χ4n) is 4.74. The molecule has 2 fully saturated rings. The van der Waals surface area contributed by atoms with Crippen molar-refractivity contribution in [1.29, 1.82) is 0 Å². The molecule has 180 valence electrons. The van der Waals surface area contributed by atoms with Crippen LogP contribution in [0.1, 0.15) is 31.4 Å². The standard InChI is InChI=1S/C26H29BrN2O4S/c1-26(2)32-22-15-34(30)23(24(22)33-26)11-7-16-4-8-18-13-20(27)25(29-21(18)12-16)28-14-17-5-9-19(31-3)10-6-17/h4-6,8-10,12-13,22-24H,7,11,14-15H2,1-3H3,(H,28,29). The summed E-state index contributed by atoms with van der Waals surface area (Å²) >= 11 is 3.64. The lowest BCUT2D eigenvalue weighted by Crippen LogP contribution is -2.30. The molecule has 1 aromatic heterocycles. The van der Waals surface area contributed by atoms with Crippen molar-refractivity contribution in [2.45, 2.75) is 56.5 Å². The van der Waals surface area contributed by atoms with Crippen LogP contribution >= 0.6 is 15.9 Å². The number of methoxy groups -OCH3 is 1. The molecule has 1 N–H and O–H groups in total. The summed E-state index contributed by atoms with van der Waals surface area (Å²) in [4.78, 5) is 4.86. The van der Waals surface area contributed by atoms with Gasteiger partial charge in [0.05, 0.1) is 34.2 Å². The molecule has 0 saturated carbocycles. The molecule has 2 saturated heterocycles. The van der Waals surface area contributed by atoms with Gasteiger partial charge in [-0.1, -0.05) is 24.3 Å². The minimum Gasteiger partial charge on any atom is -0.497 e. The zero-order chi connectivity index (χ0) is 23.9. The predicted octanol–water partition coefficient (Wildman–Crippen LogP) is 5.20. The van der Waals surface area contributed by atoms with Gasteiger partial charge in [-0.2, -0.15) is 0 Å². The van der Waals surface area contributed by atoms with E-state index in [-0.39, 0.29) is 17.5 Å². The first-order chi connectivity index (χ1) is 16.3. The van der Waals surface area contributed by atoms with E-state index in [1.807, 2.05) is 38.1 Å². The van der Waals surface area contributed by atoms with Crippen LogP contribution in [0.15, 0.2) is 53.0 Å². The molecule has 0 radical (unpaired) electrons. The van der Waals surface area contributed by atoms with E-state index in [1.54, 1.807) is 7.11 Å². The van der Waals surface area contributed by atoms with Crippen LogP contribution in [0.3, 0.4) is 0 Å². The minimum absolute atomic E-state index is 0.00192. The van der Waals surface area contributed by atoms with Crippen molar-refractivity contribution < 1.29 is 18.4 Å². The van der Waals surface area contributed by atoms with Crippen LogP contribution < -0.4 is 10.1 Å². The van der Waals surface area contributed by atoms with Gasteiger partial charge in [-0.25, -0.2) is 4.98 Å². The number of hydrogen-bond acceptors (Lipinski definition) is 6. The number of anilines is 1. The number of nitrogens with zero attached hydrogens (tertiary/aromatic N) is 1. The first kappa shape index (κ1) is 23.7. The highest BCUT2D eigenvalue weighted by molar-refractivity contribution is 9.10. The largest absolute Gasteiger partial charge is 0.497 e. The molecule has 4 unspecified atom stereocenters. The molecule has 2 aromatic carbocycles. The van der Waals surface area contributed by atoms with Crippen molar-refractivity contribution in [2.75, 3.05) is 18.2 Å². The van der Waals surface area contributed by atoms with Gasteiger partial charge < -0.3 is 19.5 Å². The van der Waals surface area contributed by atoms with E-state index in [0.717, 1.165) is 45.3 Å². The maximum atomic E-state index is 12.7. The van der Waals surface area contributed by atoms with E-state index in [0.29, 0.717) is 12.3 Å². The third-order valence-electron chi connectivity index (χ3n) is 6.43. The van der Waals surface area contributed by atoms with Crippen molar-refractivity contribution in [3.05, 3.63) is 64.1 Å². The van der Waals surface area contributed by atoms with Crippen LogP contribution in [0.5, 0.6) is 5.75 Å². The fourth-order valence-corrected chi connectivity index (χ4v) is 6.96. The van der Waals surface area contributed by atoms with Gasteiger partial charge in [-0.05, 0) is 78.0 Å². The predicted molar refractivity (Wildman–Crippen MR) is 139 cm³/mol. The lowest BCUT2D eigenvalue weighted by atomic mass is 10.0. The Bertz CT molecular complexity index is 1220. The Morgan fingerprint density at radius 3 is 2.68 bits per heavy atom. The van der Waals surface area contributed by atoms with E-state index < -0.39 is 16.6 Å². The number of pyridine rings is 1. The molecule has 5 rings (SSSR count). The van der Waals surface area contributed by atoms with Crippen molar-refractivity contribution in [1.82, 2.24) is 4.98 Å². The number of fused-ring (bicyclic) bond motifs is 2. The molecule has 0 aliphatic carbocycles. The number of benzene rings is 2. The van der Waals surface area contributed by atoms with Crippen molar-refractivity contribution >= 4 is 43.5 Å². The number of nitrogens with one attached hydrogen (secondary N) is 1. The van der Waals surface area contributed by atoms with Gasteiger partial charge in [0.15, 0.2) is 5.79 Å². The quantitative estimate of drug-likeness (QED) is 0.440. The summed E-state index contributed by atoms with van der Waals surface area (Å²) in [6.07, 6.45) is 1.48. The second-order valence-electron chi connectivity index (χ2n) is 9.31. The fraction of sp³-hybridized carbons (Fsp3) is 0.423. The Kier molecular flexibility index (Phi) is 6.68. The van der Waals surface area contributed by atoms with E-state index in [9.17, 15) is 4.21 Å². The second-order valence-corrected chi connectivity index (χ2v) is 11.9. The normalized spacial score (nSPS) is 25.4. The Hall–Kier alpha value is -2.00. The summed E-state index contributed by atoms with van der Waals surface area (Å²) in [5.41, 5.74) is 3.26. The maximum Gasteiger partial charge on any atom is 0.163 e. The highest BCUT2D eigenvalue weighted by atomic mass is 79.9. The Balaban J connectivity index is 1.27. The monoisotopic (exact) mass is 544 g/mol. The summed E-state index contributed by atoms with van der Waals surface area (Å²) in [7, 11) is 0.743. The molecule has 3 aromatic rings. The van der Waals surface area contributed by atoms with Gasteiger partial charge >= 0.3 is 0 Å². The second kappa shape index (κ2) is 9.57. The molecule has 2 aliphatic rings. The summed E-state index contributed by atoms with van der Waals surface area (Å²) < 4.78 is 30.8. The van der Waals surface area contributed by atoms with E-state index in [1.165, 1.54) is 5.56 Å². The molecule has 8 heteroatoms. The van der Waals surface area contributed by atoms with Crippen LogP contribution in [0.4, 0.5) is 5.82 Å². The average molecular weight is 545 g/mol. The van der Waals surface area contributed by atoms with Gasteiger partial charge in [0, 0.05) is 22.7 Å². The third-order valence-corrected chi connectivity index (χ3v) is 8.87. The molecule has 6 nitrogen and oxygen atoms in total. The maximum absolute atomic E-state index is 12.7. The van der Waals surface area contributed by atoms with Crippen LogP contribution in [0.2, 0.25) is 0 Å². The van der Waals surface area contributed by atoms with Gasteiger partial charge in [-0.3, -0.25) is 4.21 Å². The minimum atomic E-state index is -0.923. The zero-order valence-corrected chi connectivity index (χ0v) is 21.9. The summed E-state index contributed by atoms with van der Waals surface area (Å²) in [5, 5.41) is 4.50. The molecule has 0 amide bonds. The zero-order valence-electron chi connectivity index (χ0n) is 19.5. The van der Waals surface area contributed by atoms with Gasteiger partial charge in [0.2, 0.25) is 0 Å². The Labute approximate surface area is 211 Å². The highest BCUT2D eigenvalue weighted by Crippen LogP contribution is 2.38. The summed E-state index contributed by atoms with van der Waals surface area (Å²) in [5.74, 6) is 1.62. The highest BCUT2D eigenvalue weighted by Gasteiger charge is 2.52. The van der Waals surface area contributed by atoms with E-state index in [2.05, 4.69) is 45.5 Å². The first-order valence-electron chi connectivity index (χ1n) is 11.5.